The molecule has 27 heavy (non-hydrogen) atoms. The fourth-order valence-corrected chi connectivity index (χ4v) is 2.90. The molecule has 0 radical (unpaired) electrons. The molecule has 3 aromatic heterocycles. The fraction of sp³-hybridized carbons (Fsp3) is 0.176. The molecule has 0 aliphatic carbocycles. The molecule has 0 spiro atoms. The van der Waals surface area contributed by atoms with Crippen molar-refractivity contribution in [2.75, 3.05) is 5.73 Å². The minimum Gasteiger partial charge on any atom is -0.480 e. The quantitative estimate of drug-likeness (QED) is 0.572. The van der Waals surface area contributed by atoms with Crippen molar-refractivity contribution in [1.82, 2.24) is 35.2 Å². The molecule has 0 saturated carbocycles. The molecule has 0 aliphatic rings. The van der Waals surface area contributed by atoms with E-state index < -0.39 is 6.10 Å². The summed E-state index contributed by atoms with van der Waals surface area (Å²) < 4.78 is 6.00. The first-order valence-electron chi connectivity index (χ1n) is 8.08. The summed E-state index contributed by atoms with van der Waals surface area (Å²) >= 11 is 6.12. The smallest absolute Gasteiger partial charge is 0.214 e. The van der Waals surface area contributed by atoms with Gasteiger partial charge in [0.2, 0.25) is 5.82 Å². The number of hydrogen-bond donors (Lipinski definition) is 1. The highest BCUT2D eigenvalue weighted by atomic mass is 35.5. The summed E-state index contributed by atoms with van der Waals surface area (Å²) in [5.74, 6) is 1.17. The molecule has 3 heterocycles. The van der Waals surface area contributed by atoms with E-state index in [4.69, 9.17) is 22.1 Å². The van der Waals surface area contributed by atoms with Crippen molar-refractivity contribution in [3.05, 3.63) is 47.6 Å². The minimum atomic E-state index is -0.458. The molecule has 10 heteroatoms. The van der Waals surface area contributed by atoms with Gasteiger partial charge in [0.25, 0.3) is 0 Å². The number of aromatic nitrogens is 7. The molecule has 1 atom stereocenters. The summed E-state index contributed by atoms with van der Waals surface area (Å²) in [6, 6.07) is 7.36. The molecule has 0 amide bonds. The van der Waals surface area contributed by atoms with Crippen molar-refractivity contribution >= 4 is 28.3 Å². The summed E-state index contributed by atoms with van der Waals surface area (Å²) in [7, 11) is 1.69. The van der Waals surface area contributed by atoms with Crippen LogP contribution in [0.15, 0.2) is 36.8 Å². The monoisotopic (exact) mass is 382 g/mol. The zero-order valence-corrected chi connectivity index (χ0v) is 15.3. The Morgan fingerprint density at radius 1 is 1.22 bits per heavy atom. The number of fused-ring (bicyclic) bond motifs is 1. The zero-order chi connectivity index (χ0) is 19.0. The number of aryl methyl sites for hydroxylation is 1. The van der Waals surface area contributed by atoms with E-state index in [9.17, 15) is 0 Å². The van der Waals surface area contributed by atoms with Crippen LogP contribution >= 0.6 is 11.6 Å². The Morgan fingerprint density at radius 2 is 2.07 bits per heavy atom. The van der Waals surface area contributed by atoms with Gasteiger partial charge in [-0.25, -0.2) is 9.97 Å². The van der Waals surface area contributed by atoms with Crippen LogP contribution < -0.4 is 10.5 Å². The largest absolute Gasteiger partial charge is 0.480 e. The van der Waals surface area contributed by atoms with Crippen molar-refractivity contribution in [1.29, 1.82) is 0 Å². The number of nitrogens with zero attached hydrogens (tertiary/aromatic N) is 7. The van der Waals surface area contributed by atoms with Gasteiger partial charge >= 0.3 is 0 Å². The lowest BCUT2D eigenvalue weighted by Gasteiger charge is -2.15. The van der Waals surface area contributed by atoms with E-state index in [-0.39, 0.29) is 0 Å². The van der Waals surface area contributed by atoms with Gasteiger partial charge in [-0.3, -0.25) is 4.98 Å². The Balaban J connectivity index is 1.82. The molecule has 0 unspecified atom stereocenters. The second-order valence-corrected chi connectivity index (χ2v) is 6.30. The lowest BCUT2D eigenvalue weighted by Crippen LogP contribution is -2.08. The molecular formula is C17H15ClN8O. The van der Waals surface area contributed by atoms with Crippen LogP contribution in [-0.4, -0.2) is 35.2 Å². The van der Waals surface area contributed by atoms with E-state index in [1.165, 1.54) is 11.1 Å². The molecule has 2 N–H and O–H groups in total. The first-order valence-corrected chi connectivity index (χ1v) is 8.46. The third-order valence-electron chi connectivity index (χ3n) is 3.95. The molecule has 136 valence electrons. The highest BCUT2D eigenvalue weighted by molar-refractivity contribution is 6.30. The summed E-state index contributed by atoms with van der Waals surface area (Å²) in [6.45, 7) is 1.81. The van der Waals surface area contributed by atoms with Crippen LogP contribution in [0.4, 0.5) is 5.82 Å². The number of halogens is 1. The first kappa shape index (κ1) is 17.1. The van der Waals surface area contributed by atoms with Gasteiger partial charge in [-0.15, -0.1) is 10.2 Å². The molecule has 0 fully saturated rings. The number of nitrogens with two attached hydrogens (primary N) is 1. The molecule has 1 aromatic carbocycles. The maximum atomic E-state index is 6.12. The van der Waals surface area contributed by atoms with Gasteiger partial charge in [-0.05, 0) is 24.3 Å². The van der Waals surface area contributed by atoms with Crippen molar-refractivity contribution in [3.63, 3.8) is 0 Å². The fourth-order valence-electron chi connectivity index (χ4n) is 2.71. The topological polar surface area (TPSA) is 118 Å². The van der Waals surface area contributed by atoms with Crippen molar-refractivity contribution in [3.8, 4) is 17.0 Å². The Bertz CT molecular complexity index is 1130. The number of nitrogen functional groups attached to an aromatic ring is 1. The van der Waals surface area contributed by atoms with Crippen molar-refractivity contribution in [2.45, 2.75) is 13.0 Å². The minimum absolute atomic E-state index is 0.292. The molecule has 0 saturated heterocycles. The van der Waals surface area contributed by atoms with Crippen molar-refractivity contribution < 1.29 is 4.74 Å². The molecule has 9 nitrogen and oxygen atoms in total. The number of hydrogen-bond acceptors (Lipinski definition) is 8. The Morgan fingerprint density at radius 3 is 2.81 bits per heavy atom. The Kier molecular flexibility index (Phi) is 4.28. The number of benzene rings is 1. The van der Waals surface area contributed by atoms with Gasteiger partial charge < -0.3 is 10.5 Å². The SMILES string of the molecule is C[C@H](Oc1cnc(-c2cccc(Cl)c2)c2ncnc(N)c12)c1nnn(C)n1. The standard InChI is InChI=1S/C17H15ClN8O/c1-9(17-23-25-26(2)24-17)27-12-7-20-14(10-4-3-5-11(18)6-10)15-13(12)16(19)22-8-21-15/h3-9H,1-2H3,(H2,19,21,22)/t9-/m0/s1. The van der Waals surface area contributed by atoms with E-state index in [0.29, 0.717) is 39.0 Å². The van der Waals surface area contributed by atoms with Gasteiger partial charge in [-0.1, -0.05) is 23.7 Å². The number of pyridine rings is 1. The molecule has 0 aliphatic heterocycles. The maximum Gasteiger partial charge on any atom is 0.214 e. The third kappa shape index (κ3) is 3.24. The summed E-state index contributed by atoms with van der Waals surface area (Å²) in [4.78, 5) is 14.3. The van der Waals surface area contributed by atoms with Crippen molar-refractivity contribution in [2.24, 2.45) is 7.05 Å². The third-order valence-corrected chi connectivity index (χ3v) is 4.18. The predicted octanol–water partition coefficient (Wildman–Crippen LogP) is 2.59. The number of ether oxygens (including phenoxy) is 1. The van der Waals surface area contributed by atoms with E-state index in [1.807, 2.05) is 25.1 Å². The van der Waals surface area contributed by atoms with E-state index in [0.717, 1.165) is 5.56 Å². The summed E-state index contributed by atoms with van der Waals surface area (Å²) in [5.41, 5.74) is 8.15. The van der Waals surface area contributed by atoms with Crippen LogP contribution in [0.5, 0.6) is 5.75 Å². The van der Waals surface area contributed by atoms with Gasteiger partial charge in [0, 0.05) is 10.6 Å². The van der Waals surface area contributed by atoms with Gasteiger partial charge in [0.15, 0.2) is 11.9 Å². The zero-order valence-electron chi connectivity index (χ0n) is 14.5. The Labute approximate surface area is 159 Å². The second-order valence-electron chi connectivity index (χ2n) is 5.86. The molecule has 4 aromatic rings. The highest BCUT2D eigenvalue weighted by Crippen LogP contribution is 2.35. The molecule has 0 bridgehead atoms. The normalized spacial score (nSPS) is 12.3. The van der Waals surface area contributed by atoms with Crippen LogP contribution in [0, 0.1) is 0 Å². The number of anilines is 1. The van der Waals surface area contributed by atoms with Crippen LogP contribution in [0.25, 0.3) is 22.2 Å². The summed E-state index contributed by atoms with van der Waals surface area (Å²) in [6.07, 6.45) is 2.52. The van der Waals surface area contributed by atoms with Gasteiger partial charge in [0.05, 0.1) is 24.3 Å². The highest BCUT2D eigenvalue weighted by Gasteiger charge is 2.19. The van der Waals surface area contributed by atoms with Gasteiger partial charge in [0.1, 0.15) is 17.7 Å². The molecular weight excluding hydrogens is 368 g/mol. The van der Waals surface area contributed by atoms with E-state index in [1.54, 1.807) is 19.3 Å². The maximum absolute atomic E-state index is 6.12. The van der Waals surface area contributed by atoms with Gasteiger partial charge in [-0.2, -0.15) is 4.80 Å². The van der Waals surface area contributed by atoms with Crippen LogP contribution in [-0.2, 0) is 7.05 Å². The lowest BCUT2D eigenvalue weighted by atomic mass is 10.1. The van der Waals surface area contributed by atoms with E-state index in [2.05, 4.69) is 30.4 Å². The van der Waals surface area contributed by atoms with Crippen LogP contribution in [0.2, 0.25) is 5.02 Å². The van der Waals surface area contributed by atoms with Crippen LogP contribution in [0.3, 0.4) is 0 Å². The summed E-state index contributed by atoms with van der Waals surface area (Å²) in [5, 5.41) is 13.1. The predicted molar refractivity (Wildman–Crippen MR) is 100 cm³/mol. The number of tetrazole rings is 1. The Hall–Kier alpha value is -3.33. The second kappa shape index (κ2) is 6.76. The van der Waals surface area contributed by atoms with E-state index >= 15 is 0 Å². The van der Waals surface area contributed by atoms with Crippen LogP contribution in [0.1, 0.15) is 18.9 Å². The number of rotatable bonds is 4. The molecule has 4 rings (SSSR count). The average molecular weight is 383 g/mol. The first-order chi connectivity index (χ1) is 13.0. The lowest BCUT2D eigenvalue weighted by molar-refractivity contribution is 0.218. The average Bonchev–Trinajstić information content (AvgIpc) is 3.08.